The molecule has 1 heterocycles. The fourth-order valence-electron chi connectivity index (χ4n) is 3.57. The fraction of sp³-hybridized carbons (Fsp3) is 0.150. The number of rotatable bonds is 1. The average molecular weight is 318 g/mol. The highest BCUT2D eigenvalue weighted by Gasteiger charge is 2.66. The van der Waals surface area contributed by atoms with E-state index in [0.717, 1.165) is 5.56 Å². The molecule has 0 bridgehead atoms. The molecular weight excluding hydrogens is 304 g/mol. The summed E-state index contributed by atoms with van der Waals surface area (Å²) in [5, 5.41) is 0. The number of hydrogen-bond donors (Lipinski definition) is 0. The van der Waals surface area contributed by atoms with Crippen LogP contribution in [0, 0.1) is 6.92 Å². The van der Waals surface area contributed by atoms with E-state index in [4.69, 9.17) is 4.74 Å². The lowest BCUT2D eigenvalue weighted by Crippen LogP contribution is -2.45. The van der Waals surface area contributed by atoms with E-state index in [0.29, 0.717) is 16.7 Å². The van der Waals surface area contributed by atoms with Crippen molar-refractivity contribution in [3.05, 3.63) is 82.9 Å². The molecule has 0 amide bonds. The zero-order chi connectivity index (χ0) is 17.1. The molecule has 2 aliphatic rings. The first-order valence-electron chi connectivity index (χ1n) is 7.64. The molecule has 24 heavy (non-hydrogen) atoms. The summed E-state index contributed by atoms with van der Waals surface area (Å²) < 4.78 is 5.39. The van der Waals surface area contributed by atoms with E-state index in [9.17, 15) is 14.4 Å². The van der Waals surface area contributed by atoms with Gasteiger partial charge < -0.3 is 4.74 Å². The lowest BCUT2D eigenvalue weighted by Gasteiger charge is -2.26. The van der Waals surface area contributed by atoms with Gasteiger partial charge in [0.25, 0.3) is 0 Å². The molecule has 0 radical (unpaired) electrons. The summed E-state index contributed by atoms with van der Waals surface area (Å²) in [7, 11) is 0. The highest BCUT2D eigenvalue weighted by atomic mass is 16.6. The highest BCUT2D eigenvalue weighted by Crippen LogP contribution is 2.50. The van der Waals surface area contributed by atoms with Gasteiger partial charge in [-0.05, 0) is 12.5 Å². The predicted octanol–water partition coefficient (Wildman–Crippen LogP) is 3.01. The molecule has 0 aromatic heterocycles. The molecule has 118 valence electrons. The third-order valence-corrected chi connectivity index (χ3v) is 4.77. The van der Waals surface area contributed by atoms with Gasteiger partial charge in [0.15, 0.2) is 0 Å². The van der Waals surface area contributed by atoms with Crippen LogP contribution in [0.1, 0.15) is 37.8 Å². The summed E-state index contributed by atoms with van der Waals surface area (Å²) >= 11 is 0. The number of carbonyl (C=O) groups excluding carboxylic acids is 3. The van der Waals surface area contributed by atoms with Crippen LogP contribution in [0.3, 0.4) is 0 Å². The second kappa shape index (κ2) is 4.74. The number of benzene rings is 2. The van der Waals surface area contributed by atoms with Crippen molar-refractivity contribution in [2.75, 3.05) is 0 Å². The van der Waals surface area contributed by atoms with Crippen molar-refractivity contribution in [2.24, 2.45) is 0 Å². The van der Waals surface area contributed by atoms with E-state index in [2.05, 4.69) is 6.58 Å². The van der Waals surface area contributed by atoms with Gasteiger partial charge in [0, 0.05) is 16.7 Å². The number of ketones is 2. The van der Waals surface area contributed by atoms with Gasteiger partial charge in [-0.25, -0.2) is 4.79 Å². The molecule has 0 N–H and O–H groups in total. The molecule has 1 fully saturated rings. The number of fused-ring (bicyclic) bond motifs is 1. The predicted molar refractivity (Wildman–Crippen MR) is 87.0 cm³/mol. The molecule has 4 rings (SSSR count). The van der Waals surface area contributed by atoms with E-state index in [-0.39, 0.29) is 5.57 Å². The topological polar surface area (TPSA) is 60.4 Å². The second-order valence-electron chi connectivity index (χ2n) is 6.20. The molecule has 2 aromatic rings. The first-order chi connectivity index (χ1) is 11.5. The lowest BCUT2D eigenvalue weighted by molar-refractivity contribution is -0.140. The van der Waals surface area contributed by atoms with Crippen LogP contribution in [-0.2, 0) is 9.53 Å². The summed E-state index contributed by atoms with van der Waals surface area (Å²) in [6, 6.07) is 13.9. The largest absolute Gasteiger partial charge is 0.438 e. The fourth-order valence-corrected chi connectivity index (χ4v) is 3.57. The zero-order valence-corrected chi connectivity index (χ0v) is 13.0. The van der Waals surface area contributed by atoms with E-state index >= 15 is 0 Å². The van der Waals surface area contributed by atoms with Crippen molar-refractivity contribution in [3.63, 3.8) is 0 Å². The maximum atomic E-state index is 13.0. The van der Waals surface area contributed by atoms with Crippen molar-refractivity contribution >= 4 is 17.5 Å². The van der Waals surface area contributed by atoms with Crippen molar-refractivity contribution in [2.45, 2.75) is 18.4 Å². The summed E-state index contributed by atoms with van der Waals surface area (Å²) in [4.78, 5) is 38.3. The number of hydrogen-bond acceptors (Lipinski definition) is 4. The van der Waals surface area contributed by atoms with Crippen LogP contribution in [0.2, 0.25) is 0 Å². The van der Waals surface area contributed by atoms with E-state index in [1.807, 2.05) is 19.1 Å². The van der Waals surface area contributed by atoms with Gasteiger partial charge in [0.05, 0.1) is 5.92 Å². The van der Waals surface area contributed by atoms with E-state index in [1.54, 1.807) is 36.4 Å². The molecule has 2 aromatic carbocycles. The summed E-state index contributed by atoms with van der Waals surface area (Å²) in [6.45, 7) is 5.72. The Morgan fingerprint density at radius 1 is 0.917 bits per heavy atom. The third-order valence-electron chi connectivity index (χ3n) is 4.77. The van der Waals surface area contributed by atoms with Gasteiger partial charge in [-0.1, -0.05) is 60.7 Å². The maximum absolute atomic E-state index is 13.0. The van der Waals surface area contributed by atoms with Crippen LogP contribution in [0.15, 0.2) is 60.7 Å². The van der Waals surface area contributed by atoms with Crippen molar-refractivity contribution in [1.29, 1.82) is 0 Å². The van der Waals surface area contributed by atoms with Crippen LogP contribution in [0.4, 0.5) is 0 Å². The summed E-state index contributed by atoms with van der Waals surface area (Å²) in [5.41, 5.74) is 0.576. The number of Topliss-reactive ketones (excluding diaryl/α,β-unsaturated/α-hetero) is 2. The van der Waals surface area contributed by atoms with Gasteiger partial charge in [0.2, 0.25) is 17.2 Å². The Kier molecular flexibility index (Phi) is 2.88. The quantitative estimate of drug-likeness (QED) is 0.461. The Labute approximate surface area is 138 Å². The Bertz CT molecular complexity index is 886. The van der Waals surface area contributed by atoms with Gasteiger partial charge in [-0.3, -0.25) is 9.59 Å². The summed E-state index contributed by atoms with van der Waals surface area (Å²) in [6.07, 6.45) is 0. The van der Waals surface area contributed by atoms with Gasteiger partial charge in [0.1, 0.15) is 0 Å². The van der Waals surface area contributed by atoms with Crippen LogP contribution in [-0.4, -0.2) is 23.1 Å². The molecule has 1 atom stereocenters. The van der Waals surface area contributed by atoms with Gasteiger partial charge >= 0.3 is 5.97 Å². The third kappa shape index (κ3) is 1.65. The standard InChI is InChI=1S/C20H14O4/c1-11-7-9-13(10-8-11)16-12(2)19(23)24-20(16)17(21)14-5-3-4-6-15(14)18(20)22/h3-10,16H,2H2,1H3. The van der Waals surface area contributed by atoms with Crippen molar-refractivity contribution in [3.8, 4) is 0 Å². The second-order valence-corrected chi connectivity index (χ2v) is 6.20. The summed E-state index contributed by atoms with van der Waals surface area (Å²) in [5.74, 6) is -2.45. The van der Waals surface area contributed by atoms with Crippen LogP contribution in [0.5, 0.6) is 0 Å². The number of ether oxygens (including phenoxy) is 1. The molecule has 4 heteroatoms. The molecule has 0 saturated carbocycles. The molecule has 1 saturated heterocycles. The first kappa shape index (κ1) is 14.6. The Hall–Kier alpha value is -3.01. The minimum absolute atomic E-state index is 0.133. The van der Waals surface area contributed by atoms with E-state index < -0.39 is 29.1 Å². The van der Waals surface area contributed by atoms with Crippen molar-refractivity contribution in [1.82, 2.24) is 0 Å². The number of carbonyl (C=O) groups is 3. The lowest BCUT2D eigenvalue weighted by atomic mass is 9.76. The van der Waals surface area contributed by atoms with Crippen LogP contribution >= 0.6 is 0 Å². The molecule has 1 unspecified atom stereocenters. The first-order valence-corrected chi connectivity index (χ1v) is 7.64. The zero-order valence-electron chi connectivity index (χ0n) is 13.0. The Balaban J connectivity index is 1.95. The smallest absolute Gasteiger partial charge is 0.335 e. The van der Waals surface area contributed by atoms with Gasteiger partial charge in [-0.15, -0.1) is 0 Å². The van der Waals surface area contributed by atoms with Gasteiger partial charge in [-0.2, -0.15) is 0 Å². The van der Waals surface area contributed by atoms with Crippen molar-refractivity contribution < 1.29 is 19.1 Å². The normalized spacial score (nSPS) is 21.3. The van der Waals surface area contributed by atoms with Crippen LogP contribution in [0.25, 0.3) is 0 Å². The molecule has 1 spiro atoms. The molecular formula is C20H14O4. The SMILES string of the molecule is C=C1C(=O)OC2(C(=O)c3ccccc3C2=O)C1c1ccc(C)cc1. The number of esters is 1. The Morgan fingerprint density at radius 3 is 2.00 bits per heavy atom. The minimum atomic E-state index is -1.85. The maximum Gasteiger partial charge on any atom is 0.335 e. The monoisotopic (exact) mass is 318 g/mol. The minimum Gasteiger partial charge on any atom is -0.438 e. The van der Waals surface area contributed by atoms with E-state index in [1.165, 1.54) is 0 Å². The Morgan fingerprint density at radius 2 is 1.46 bits per heavy atom. The molecule has 4 nitrogen and oxygen atoms in total. The van der Waals surface area contributed by atoms with Crippen LogP contribution < -0.4 is 0 Å². The average Bonchev–Trinajstić information content (AvgIpc) is 2.97. The molecule has 1 aliphatic carbocycles. The molecule has 1 aliphatic heterocycles. The number of aryl methyl sites for hydroxylation is 1. The highest BCUT2D eigenvalue weighted by molar-refractivity contribution is 6.35.